The van der Waals surface area contributed by atoms with Gasteiger partial charge in [-0.2, -0.15) is 5.10 Å². The Labute approximate surface area is 109 Å². The predicted octanol–water partition coefficient (Wildman–Crippen LogP) is 1.05. The SMILES string of the molecule is Cn1cc(C(=O)NCc2cccc(C(=O)O)c2)cn1. The average molecular weight is 259 g/mol. The molecule has 2 rings (SSSR count). The Morgan fingerprint density at radius 2 is 2.16 bits per heavy atom. The summed E-state index contributed by atoms with van der Waals surface area (Å²) in [6.07, 6.45) is 3.09. The lowest BCUT2D eigenvalue weighted by Gasteiger charge is -2.04. The summed E-state index contributed by atoms with van der Waals surface area (Å²) in [5, 5.41) is 15.5. The maximum Gasteiger partial charge on any atom is 0.335 e. The summed E-state index contributed by atoms with van der Waals surface area (Å²) in [7, 11) is 1.73. The van der Waals surface area contributed by atoms with Gasteiger partial charge < -0.3 is 10.4 Å². The molecule has 6 nitrogen and oxygen atoms in total. The van der Waals surface area contributed by atoms with Crippen LogP contribution in [0.3, 0.4) is 0 Å². The highest BCUT2D eigenvalue weighted by atomic mass is 16.4. The number of carboxylic acid groups (broad SMARTS) is 1. The van der Waals surface area contributed by atoms with Crippen molar-refractivity contribution in [2.75, 3.05) is 0 Å². The van der Waals surface area contributed by atoms with Crippen LogP contribution in [0.1, 0.15) is 26.3 Å². The number of rotatable bonds is 4. The molecule has 1 heterocycles. The molecule has 19 heavy (non-hydrogen) atoms. The molecule has 0 aliphatic rings. The summed E-state index contributed by atoms with van der Waals surface area (Å²) in [6, 6.07) is 6.45. The minimum atomic E-state index is -0.986. The first-order valence-corrected chi connectivity index (χ1v) is 5.65. The Balaban J connectivity index is 2.01. The third kappa shape index (κ3) is 3.19. The van der Waals surface area contributed by atoms with Gasteiger partial charge in [0.1, 0.15) is 0 Å². The fourth-order valence-corrected chi connectivity index (χ4v) is 1.64. The van der Waals surface area contributed by atoms with Gasteiger partial charge in [-0.25, -0.2) is 4.79 Å². The lowest BCUT2D eigenvalue weighted by Crippen LogP contribution is -2.22. The number of nitrogens with zero attached hydrogens (tertiary/aromatic N) is 2. The van der Waals surface area contributed by atoms with E-state index in [9.17, 15) is 9.59 Å². The summed E-state index contributed by atoms with van der Waals surface area (Å²) >= 11 is 0. The fraction of sp³-hybridized carbons (Fsp3) is 0.154. The number of nitrogens with one attached hydrogen (secondary N) is 1. The van der Waals surface area contributed by atoms with Crippen LogP contribution in [0.4, 0.5) is 0 Å². The zero-order valence-corrected chi connectivity index (χ0v) is 10.3. The lowest BCUT2D eigenvalue weighted by atomic mass is 10.1. The standard InChI is InChI=1S/C13H13N3O3/c1-16-8-11(7-15-16)12(17)14-6-9-3-2-4-10(5-9)13(18)19/h2-5,7-8H,6H2,1H3,(H,14,17)(H,18,19). The molecule has 2 N–H and O–H groups in total. The van der Waals surface area contributed by atoms with E-state index < -0.39 is 5.97 Å². The predicted molar refractivity (Wildman–Crippen MR) is 67.8 cm³/mol. The number of aryl methyl sites for hydroxylation is 1. The summed E-state index contributed by atoms with van der Waals surface area (Å²) in [5.74, 6) is -1.23. The van der Waals surface area contributed by atoms with Crippen molar-refractivity contribution in [3.63, 3.8) is 0 Å². The quantitative estimate of drug-likeness (QED) is 0.859. The van der Waals surface area contributed by atoms with Crippen LogP contribution in [0.2, 0.25) is 0 Å². The Hall–Kier alpha value is -2.63. The minimum Gasteiger partial charge on any atom is -0.478 e. The summed E-state index contributed by atoms with van der Waals surface area (Å²) in [6.45, 7) is 0.273. The van der Waals surface area contributed by atoms with Crippen LogP contribution < -0.4 is 5.32 Å². The van der Waals surface area contributed by atoms with Crippen molar-refractivity contribution in [1.29, 1.82) is 0 Å². The van der Waals surface area contributed by atoms with Crippen molar-refractivity contribution < 1.29 is 14.7 Å². The topological polar surface area (TPSA) is 84.2 Å². The van der Waals surface area contributed by atoms with Gasteiger partial charge in [0.2, 0.25) is 0 Å². The zero-order valence-electron chi connectivity index (χ0n) is 10.3. The zero-order chi connectivity index (χ0) is 13.8. The van der Waals surface area contributed by atoms with Crippen LogP contribution in [-0.4, -0.2) is 26.8 Å². The molecule has 0 unspecified atom stereocenters. The Bertz CT molecular complexity index is 619. The van der Waals surface area contributed by atoms with Gasteiger partial charge in [-0.3, -0.25) is 9.48 Å². The number of aromatic nitrogens is 2. The monoisotopic (exact) mass is 259 g/mol. The molecule has 0 fully saturated rings. The van der Waals surface area contributed by atoms with E-state index in [0.29, 0.717) is 5.56 Å². The summed E-state index contributed by atoms with van der Waals surface area (Å²) in [4.78, 5) is 22.6. The van der Waals surface area contributed by atoms with Crippen molar-refractivity contribution in [2.24, 2.45) is 7.05 Å². The van der Waals surface area contributed by atoms with Gasteiger partial charge in [-0.1, -0.05) is 12.1 Å². The largest absolute Gasteiger partial charge is 0.478 e. The van der Waals surface area contributed by atoms with E-state index in [0.717, 1.165) is 5.56 Å². The first-order valence-electron chi connectivity index (χ1n) is 5.65. The van der Waals surface area contributed by atoms with E-state index in [-0.39, 0.29) is 18.0 Å². The van der Waals surface area contributed by atoms with Crippen LogP contribution in [0, 0.1) is 0 Å². The lowest BCUT2D eigenvalue weighted by molar-refractivity contribution is 0.0696. The Morgan fingerprint density at radius 3 is 2.79 bits per heavy atom. The van der Waals surface area contributed by atoms with E-state index in [1.807, 2.05) is 0 Å². The summed E-state index contributed by atoms with van der Waals surface area (Å²) in [5.41, 5.74) is 1.40. The second-order valence-electron chi connectivity index (χ2n) is 4.09. The van der Waals surface area contributed by atoms with E-state index in [4.69, 9.17) is 5.11 Å². The number of carbonyl (C=O) groups excluding carboxylic acids is 1. The minimum absolute atomic E-state index is 0.202. The molecule has 1 aromatic carbocycles. The van der Waals surface area contributed by atoms with E-state index >= 15 is 0 Å². The molecule has 0 bridgehead atoms. The van der Waals surface area contributed by atoms with Gasteiger partial charge in [0.25, 0.3) is 5.91 Å². The van der Waals surface area contributed by atoms with E-state index in [2.05, 4.69) is 10.4 Å². The highest BCUT2D eigenvalue weighted by Crippen LogP contribution is 2.05. The van der Waals surface area contributed by atoms with Crippen molar-refractivity contribution in [3.05, 3.63) is 53.3 Å². The number of benzene rings is 1. The highest BCUT2D eigenvalue weighted by molar-refractivity contribution is 5.93. The second-order valence-corrected chi connectivity index (χ2v) is 4.09. The molecule has 0 radical (unpaired) electrons. The molecular formula is C13H13N3O3. The van der Waals surface area contributed by atoms with Crippen LogP contribution in [0.5, 0.6) is 0 Å². The number of carbonyl (C=O) groups is 2. The van der Waals surface area contributed by atoms with Gasteiger partial charge in [0.15, 0.2) is 0 Å². The maximum absolute atomic E-state index is 11.8. The molecule has 0 saturated carbocycles. The molecule has 98 valence electrons. The van der Waals surface area contributed by atoms with Crippen LogP contribution >= 0.6 is 0 Å². The molecule has 0 aliphatic heterocycles. The summed E-state index contributed by atoms with van der Waals surface area (Å²) < 4.78 is 1.54. The van der Waals surface area contributed by atoms with Crippen LogP contribution in [0.15, 0.2) is 36.7 Å². The maximum atomic E-state index is 11.8. The second kappa shape index (κ2) is 5.34. The molecular weight excluding hydrogens is 246 g/mol. The van der Waals surface area contributed by atoms with Gasteiger partial charge in [0, 0.05) is 19.8 Å². The normalized spacial score (nSPS) is 10.2. The van der Waals surface area contributed by atoms with Crippen molar-refractivity contribution >= 4 is 11.9 Å². The Morgan fingerprint density at radius 1 is 1.37 bits per heavy atom. The average Bonchev–Trinajstić information content (AvgIpc) is 2.83. The fourth-order valence-electron chi connectivity index (χ4n) is 1.64. The molecule has 0 aliphatic carbocycles. The van der Waals surface area contributed by atoms with Crippen molar-refractivity contribution in [1.82, 2.24) is 15.1 Å². The molecule has 2 aromatic rings. The van der Waals surface area contributed by atoms with E-state index in [1.165, 1.54) is 18.3 Å². The molecule has 1 amide bonds. The number of hydrogen-bond acceptors (Lipinski definition) is 3. The van der Waals surface area contributed by atoms with Gasteiger partial charge >= 0.3 is 5.97 Å². The van der Waals surface area contributed by atoms with Crippen molar-refractivity contribution in [3.8, 4) is 0 Å². The first kappa shape index (κ1) is 12.8. The number of amides is 1. The molecule has 0 saturated heterocycles. The number of carboxylic acids is 1. The number of aromatic carboxylic acids is 1. The third-order valence-electron chi connectivity index (χ3n) is 2.59. The molecule has 6 heteroatoms. The molecule has 0 atom stereocenters. The number of hydrogen-bond donors (Lipinski definition) is 2. The Kier molecular flexibility index (Phi) is 3.61. The molecule has 1 aromatic heterocycles. The van der Waals surface area contributed by atoms with Crippen LogP contribution in [-0.2, 0) is 13.6 Å². The van der Waals surface area contributed by atoms with Crippen molar-refractivity contribution in [2.45, 2.75) is 6.54 Å². The first-order chi connectivity index (χ1) is 9.06. The van der Waals surface area contributed by atoms with E-state index in [1.54, 1.807) is 30.1 Å². The highest BCUT2D eigenvalue weighted by Gasteiger charge is 2.08. The van der Waals surface area contributed by atoms with Crippen LogP contribution in [0.25, 0.3) is 0 Å². The molecule has 0 spiro atoms. The van der Waals surface area contributed by atoms with Gasteiger partial charge in [-0.15, -0.1) is 0 Å². The van der Waals surface area contributed by atoms with Gasteiger partial charge in [-0.05, 0) is 17.7 Å². The van der Waals surface area contributed by atoms with Gasteiger partial charge in [0.05, 0.1) is 17.3 Å². The third-order valence-corrected chi connectivity index (χ3v) is 2.59. The smallest absolute Gasteiger partial charge is 0.335 e.